The fourth-order valence-corrected chi connectivity index (χ4v) is 6.15. The Morgan fingerprint density at radius 2 is 1.46 bits per heavy atom. The Morgan fingerprint density at radius 3 is 2.26 bits per heavy atom. The molecule has 0 aliphatic carbocycles. The molecule has 3 heterocycles. The minimum absolute atomic E-state index is 0. The van der Waals surface area contributed by atoms with E-state index in [0.29, 0.717) is 17.1 Å². The second-order valence-corrected chi connectivity index (χ2v) is 12.4. The summed E-state index contributed by atoms with van der Waals surface area (Å²) in [6.45, 7) is 6.69. The molecule has 228 valence electrons. The third kappa shape index (κ3) is 5.01. The van der Waals surface area contributed by atoms with E-state index in [9.17, 15) is 5.11 Å². The molecule has 0 amide bonds. The van der Waals surface area contributed by atoms with Crippen molar-refractivity contribution in [3.05, 3.63) is 133 Å². The van der Waals surface area contributed by atoms with E-state index in [4.69, 9.17) is 14.7 Å². The number of aromatic hydroxyl groups is 1. The van der Waals surface area contributed by atoms with Crippen molar-refractivity contribution in [2.75, 3.05) is 0 Å². The Kier molecular flexibility index (Phi) is 7.38. The van der Waals surface area contributed by atoms with Crippen molar-refractivity contribution < 1.29 is 30.9 Å². The molecular formula is C40H30N3O2Pt-. The molecule has 1 N–H and O–H groups in total. The molecule has 0 atom stereocenters. The topological polar surface area (TPSA) is 60.2 Å². The van der Waals surface area contributed by atoms with Gasteiger partial charge in [-0.25, -0.2) is 9.97 Å². The van der Waals surface area contributed by atoms with Crippen LogP contribution < -0.4 is 4.74 Å². The molecule has 0 fully saturated rings. The minimum Gasteiger partial charge on any atom is -0.506 e. The van der Waals surface area contributed by atoms with Crippen LogP contribution in [-0.2, 0) is 26.5 Å². The van der Waals surface area contributed by atoms with Gasteiger partial charge in [0.1, 0.15) is 17.1 Å². The van der Waals surface area contributed by atoms with E-state index in [2.05, 4.69) is 73.9 Å². The molecule has 0 saturated heterocycles. The van der Waals surface area contributed by atoms with Gasteiger partial charge in [0.2, 0.25) is 5.88 Å². The molecule has 0 aliphatic heterocycles. The van der Waals surface area contributed by atoms with Crippen molar-refractivity contribution in [1.29, 1.82) is 0 Å². The number of fused-ring (bicyclic) bond motifs is 6. The number of pyridine rings is 2. The largest absolute Gasteiger partial charge is 0.506 e. The van der Waals surface area contributed by atoms with Crippen molar-refractivity contribution in [2.24, 2.45) is 0 Å². The molecule has 5 aromatic carbocycles. The summed E-state index contributed by atoms with van der Waals surface area (Å²) in [5, 5.41) is 15.5. The molecule has 0 bridgehead atoms. The molecule has 6 heteroatoms. The summed E-state index contributed by atoms with van der Waals surface area (Å²) >= 11 is 0. The Labute approximate surface area is 281 Å². The van der Waals surface area contributed by atoms with Crippen LogP contribution in [0.1, 0.15) is 26.3 Å². The van der Waals surface area contributed by atoms with Crippen LogP contribution in [0.4, 0.5) is 0 Å². The number of phenols is 1. The first-order valence-corrected chi connectivity index (χ1v) is 15.1. The normalized spacial score (nSPS) is 11.7. The van der Waals surface area contributed by atoms with Gasteiger partial charge in [-0.05, 0) is 63.2 Å². The maximum atomic E-state index is 10.7. The van der Waals surface area contributed by atoms with E-state index in [1.165, 1.54) is 5.56 Å². The number of hydrogen-bond donors (Lipinski definition) is 1. The molecule has 0 aliphatic rings. The number of rotatable bonds is 4. The van der Waals surface area contributed by atoms with Crippen LogP contribution in [0.15, 0.2) is 121 Å². The summed E-state index contributed by atoms with van der Waals surface area (Å²) in [7, 11) is 0. The third-order valence-electron chi connectivity index (χ3n) is 8.48. The Bertz CT molecular complexity index is 2410. The van der Waals surface area contributed by atoms with Gasteiger partial charge < -0.3 is 14.4 Å². The van der Waals surface area contributed by atoms with Crippen molar-refractivity contribution in [1.82, 2.24) is 14.5 Å². The van der Waals surface area contributed by atoms with Gasteiger partial charge in [-0.15, -0.1) is 17.5 Å². The Balaban J connectivity index is 0.00000338. The zero-order valence-corrected chi connectivity index (χ0v) is 27.8. The first kappa shape index (κ1) is 29.7. The van der Waals surface area contributed by atoms with Gasteiger partial charge in [-0.3, -0.25) is 0 Å². The van der Waals surface area contributed by atoms with Crippen molar-refractivity contribution in [2.45, 2.75) is 26.2 Å². The number of phenolic OH excluding ortho intramolecular Hbond substituents is 1. The van der Waals surface area contributed by atoms with E-state index in [0.717, 1.165) is 54.9 Å². The first-order valence-electron chi connectivity index (χ1n) is 15.1. The average Bonchev–Trinajstić information content (AvgIpc) is 3.38. The summed E-state index contributed by atoms with van der Waals surface area (Å²) in [5.74, 6) is 1.85. The number of para-hydroxylation sites is 1. The average molecular weight is 780 g/mol. The van der Waals surface area contributed by atoms with E-state index < -0.39 is 0 Å². The number of aromatic nitrogens is 3. The summed E-state index contributed by atoms with van der Waals surface area (Å²) < 4.78 is 8.67. The summed E-state index contributed by atoms with van der Waals surface area (Å²) in [6, 6.07) is 42.2. The molecule has 46 heavy (non-hydrogen) atoms. The van der Waals surface area contributed by atoms with Crippen molar-refractivity contribution >= 4 is 43.5 Å². The van der Waals surface area contributed by atoms with Crippen molar-refractivity contribution in [3.8, 4) is 34.3 Å². The first-order chi connectivity index (χ1) is 21.8. The van der Waals surface area contributed by atoms with Crippen LogP contribution in [0.2, 0.25) is 0 Å². The van der Waals surface area contributed by atoms with Gasteiger partial charge in [0.25, 0.3) is 0 Å². The quantitative estimate of drug-likeness (QED) is 0.143. The van der Waals surface area contributed by atoms with E-state index in [1.807, 2.05) is 72.9 Å². The molecule has 0 unspecified atom stereocenters. The molecule has 0 saturated carbocycles. The van der Waals surface area contributed by atoms with Crippen LogP contribution >= 0.6 is 0 Å². The van der Waals surface area contributed by atoms with Gasteiger partial charge in [0.15, 0.2) is 0 Å². The number of benzene rings is 5. The fourth-order valence-electron chi connectivity index (χ4n) is 6.15. The molecular weight excluding hydrogens is 750 g/mol. The summed E-state index contributed by atoms with van der Waals surface area (Å²) in [5.41, 5.74) is 5.87. The van der Waals surface area contributed by atoms with E-state index in [1.54, 1.807) is 6.07 Å². The van der Waals surface area contributed by atoms with Crippen LogP contribution in [0, 0.1) is 6.07 Å². The van der Waals surface area contributed by atoms with Gasteiger partial charge in [0.05, 0.1) is 0 Å². The maximum Gasteiger partial charge on any atom is 0.225 e. The molecule has 8 rings (SSSR count). The minimum atomic E-state index is -0.00474. The number of hydrogen-bond acceptors (Lipinski definition) is 4. The predicted octanol–water partition coefficient (Wildman–Crippen LogP) is 10.1. The summed E-state index contributed by atoms with van der Waals surface area (Å²) in [4.78, 5) is 9.61. The van der Waals surface area contributed by atoms with Crippen LogP contribution in [-0.4, -0.2) is 19.6 Å². The monoisotopic (exact) mass is 779 g/mol. The number of nitrogens with zero attached hydrogens (tertiary/aromatic N) is 3. The van der Waals surface area contributed by atoms with Gasteiger partial charge in [-0.2, -0.15) is 6.07 Å². The molecule has 0 spiro atoms. The molecule has 3 aromatic heterocycles. The Morgan fingerprint density at radius 1 is 0.696 bits per heavy atom. The van der Waals surface area contributed by atoms with Crippen LogP contribution in [0.5, 0.6) is 17.4 Å². The SMILES string of the molecule is CC(C)(C)c1ccc2c(c1)c1ccc(Oc3nc4c(O)cccc4c4ccccc34)[c-]c1n2-c1cc(-c2ccccc2)ccn1.[Pt]. The second-order valence-electron chi connectivity index (χ2n) is 12.4. The van der Waals surface area contributed by atoms with Gasteiger partial charge >= 0.3 is 0 Å². The zero-order chi connectivity index (χ0) is 30.7. The molecule has 5 nitrogen and oxygen atoms in total. The van der Waals surface area contributed by atoms with Gasteiger partial charge in [-0.1, -0.05) is 99.1 Å². The van der Waals surface area contributed by atoms with Gasteiger partial charge in [0, 0.05) is 49.3 Å². The smallest absolute Gasteiger partial charge is 0.225 e. The Hall–Kier alpha value is -4.99. The predicted molar refractivity (Wildman–Crippen MR) is 183 cm³/mol. The molecule has 8 aromatic rings. The standard InChI is InChI=1S/C40H30N3O2.Pt/c1-40(2,3)27-16-19-34-33(23-27)30-18-17-28(24-35(30)43(34)37-22-26(20-21-41-37)25-10-5-4-6-11-25)45-39-32-13-8-7-12-29(32)31-14-9-15-36(44)38(31)42-39;/h4-23,44H,1-3H3;/q-1;. The summed E-state index contributed by atoms with van der Waals surface area (Å²) in [6.07, 6.45) is 1.86. The second kappa shape index (κ2) is 11.4. The fraction of sp³-hybridized carbons (Fsp3) is 0.100. The van der Waals surface area contributed by atoms with Crippen molar-refractivity contribution in [3.63, 3.8) is 0 Å². The maximum absolute atomic E-state index is 10.7. The molecule has 0 radical (unpaired) electrons. The van der Waals surface area contributed by atoms with E-state index >= 15 is 0 Å². The van der Waals surface area contributed by atoms with E-state index in [-0.39, 0.29) is 32.2 Å². The number of ether oxygens (including phenoxy) is 1. The zero-order valence-electron chi connectivity index (χ0n) is 25.6. The van der Waals surface area contributed by atoms with Crippen LogP contribution in [0.25, 0.3) is 60.4 Å². The third-order valence-corrected chi connectivity index (χ3v) is 8.48. The van der Waals surface area contributed by atoms with Crippen LogP contribution in [0.3, 0.4) is 0 Å².